The van der Waals surface area contributed by atoms with Gasteiger partial charge in [-0.3, -0.25) is 0 Å². The summed E-state index contributed by atoms with van der Waals surface area (Å²) in [7, 11) is 0. The first-order chi connectivity index (χ1) is 8.58. The third kappa shape index (κ3) is 1.32. The molecule has 0 amide bonds. The number of nitrogens with zero attached hydrogens (tertiary/aromatic N) is 2. The van der Waals surface area contributed by atoms with Crippen molar-refractivity contribution in [3.8, 4) is 0 Å². The zero-order chi connectivity index (χ0) is 12.9. The Labute approximate surface area is 100 Å². The van der Waals surface area contributed by atoms with Gasteiger partial charge in [-0.2, -0.15) is 0 Å². The number of carbonyl (C=O) groups is 1. The van der Waals surface area contributed by atoms with Gasteiger partial charge in [-0.1, -0.05) is 0 Å². The molecule has 3 rings (SSSR count). The molecule has 0 radical (unpaired) electrons. The molecule has 2 heterocycles. The molecule has 0 saturated carbocycles. The van der Waals surface area contributed by atoms with Gasteiger partial charge < -0.3 is 15.2 Å². The Bertz CT molecular complexity index is 795. The highest BCUT2D eigenvalue weighted by atomic mass is 19.1. The number of carboxylic acid groups (broad SMARTS) is 1. The van der Waals surface area contributed by atoms with Crippen LogP contribution in [0.15, 0.2) is 30.5 Å². The smallest absolute Gasteiger partial charge is 0.338 e. The molecule has 6 heteroatoms. The first-order valence-electron chi connectivity index (χ1n) is 5.17. The summed E-state index contributed by atoms with van der Waals surface area (Å²) in [6.07, 6.45) is 1.72. The molecule has 0 aliphatic carbocycles. The summed E-state index contributed by atoms with van der Waals surface area (Å²) in [4.78, 5) is 15.0. The second-order valence-corrected chi connectivity index (χ2v) is 3.89. The molecule has 0 aliphatic heterocycles. The van der Waals surface area contributed by atoms with E-state index in [0.29, 0.717) is 16.6 Å². The van der Waals surface area contributed by atoms with Crippen molar-refractivity contribution in [3.63, 3.8) is 0 Å². The topological polar surface area (TPSA) is 80.6 Å². The van der Waals surface area contributed by atoms with Crippen molar-refractivity contribution in [2.24, 2.45) is 0 Å². The number of halogens is 1. The maximum atomic E-state index is 13.6. The predicted octanol–water partition coefficient (Wildman–Crippen LogP) is 1.91. The molecule has 0 bridgehead atoms. The monoisotopic (exact) mass is 245 g/mol. The largest absolute Gasteiger partial charge is 0.478 e. The zero-order valence-corrected chi connectivity index (χ0v) is 9.09. The van der Waals surface area contributed by atoms with Crippen LogP contribution in [0.5, 0.6) is 0 Å². The van der Waals surface area contributed by atoms with Crippen LogP contribution in [0.3, 0.4) is 0 Å². The Morgan fingerprint density at radius 2 is 2.17 bits per heavy atom. The number of aromatic carboxylic acids is 1. The third-order valence-electron chi connectivity index (χ3n) is 2.81. The molecular weight excluding hydrogens is 237 g/mol. The molecule has 0 aliphatic rings. The van der Waals surface area contributed by atoms with E-state index in [4.69, 9.17) is 10.8 Å². The minimum Gasteiger partial charge on any atom is -0.478 e. The third-order valence-corrected chi connectivity index (χ3v) is 2.81. The quantitative estimate of drug-likeness (QED) is 0.686. The number of carboxylic acids is 1. The lowest BCUT2D eigenvalue weighted by molar-refractivity contribution is 0.0692. The van der Waals surface area contributed by atoms with E-state index >= 15 is 0 Å². The van der Waals surface area contributed by atoms with Crippen LogP contribution in [0, 0.1) is 5.82 Å². The van der Waals surface area contributed by atoms with E-state index in [9.17, 15) is 9.18 Å². The number of anilines is 1. The van der Waals surface area contributed by atoms with Crippen LogP contribution in [0.2, 0.25) is 0 Å². The molecule has 0 atom stereocenters. The second-order valence-electron chi connectivity index (χ2n) is 3.89. The molecule has 0 unspecified atom stereocenters. The van der Waals surface area contributed by atoms with Crippen LogP contribution < -0.4 is 5.73 Å². The summed E-state index contributed by atoms with van der Waals surface area (Å²) >= 11 is 0. The van der Waals surface area contributed by atoms with Crippen molar-refractivity contribution in [2.75, 3.05) is 5.73 Å². The maximum Gasteiger partial charge on any atom is 0.338 e. The van der Waals surface area contributed by atoms with Gasteiger partial charge in [0.2, 0.25) is 0 Å². The highest BCUT2D eigenvalue weighted by molar-refractivity contribution is 5.94. The number of rotatable bonds is 1. The Hall–Kier alpha value is -2.63. The van der Waals surface area contributed by atoms with Crippen molar-refractivity contribution in [3.05, 3.63) is 41.8 Å². The van der Waals surface area contributed by atoms with Crippen LogP contribution >= 0.6 is 0 Å². The highest BCUT2D eigenvalue weighted by Gasteiger charge is 2.14. The lowest BCUT2D eigenvalue weighted by atomic mass is 10.1. The van der Waals surface area contributed by atoms with Gasteiger partial charge in [0.15, 0.2) is 0 Å². The van der Waals surface area contributed by atoms with Gasteiger partial charge in [-0.05, 0) is 18.2 Å². The first-order valence-corrected chi connectivity index (χ1v) is 5.17. The molecule has 3 N–H and O–H groups in total. The fourth-order valence-electron chi connectivity index (χ4n) is 1.98. The van der Waals surface area contributed by atoms with E-state index in [2.05, 4.69) is 4.98 Å². The molecule has 5 nitrogen and oxygen atoms in total. The number of nitrogen functional groups attached to an aromatic ring is 1. The predicted molar refractivity (Wildman–Crippen MR) is 64.0 cm³/mol. The molecule has 1 aromatic carbocycles. The Kier molecular flexibility index (Phi) is 2.00. The standard InChI is InChI=1S/C12H8FN3O2/c13-7-5-8-10(4-6(7)12(17)18)16-3-1-2-9(16)11(14)15-8/h1-5H,(H2,14,15)(H,17,18). The number of aromatic nitrogens is 2. The van der Waals surface area contributed by atoms with E-state index in [0.717, 1.165) is 6.07 Å². The summed E-state index contributed by atoms with van der Waals surface area (Å²) in [6, 6.07) is 5.85. The minimum absolute atomic E-state index is 0.273. The van der Waals surface area contributed by atoms with E-state index in [-0.39, 0.29) is 11.4 Å². The Balaban J connectivity index is 2.52. The van der Waals surface area contributed by atoms with Crippen molar-refractivity contribution >= 4 is 28.3 Å². The van der Waals surface area contributed by atoms with Gasteiger partial charge in [0.1, 0.15) is 11.6 Å². The van der Waals surface area contributed by atoms with Gasteiger partial charge in [0.05, 0.1) is 22.1 Å². The molecule has 90 valence electrons. The molecule has 0 fully saturated rings. The minimum atomic E-state index is -1.31. The van der Waals surface area contributed by atoms with Crippen LogP contribution in [0.1, 0.15) is 10.4 Å². The number of fused-ring (bicyclic) bond motifs is 3. The Morgan fingerprint density at radius 1 is 1.39 bits per heavy atom. The Morgan fingerprint density at radius 3 is 2.89 bits per heavy atom. The van der Waals surface area contributed by atoms with E-state index in [1.54, 1.807) is 22.7 Å². The number of nitrogens with two attached hydrogens (primary N) is 1. The van der Waals surface area contributed by atoms with Crippen LogP contribution in [-0.2, 0) is 0 Å². The van der Waals surface area contributed by atoms with Gasteiger partial charge >= 0.3 is 5.97 Å². The van der Waals surface area contributed by atoms with Crippen molar-refractivity contribution < 1.29 is 14.3 Å². The first kappa shape index (κ1) is 10.5. The average Bonchev–Trinajstić information content (AvgIpc) is 2.77. The maximum absolute atomic E-state index is 13.6. The zero-order valence-electron chi connectivity index (χ0n) is 9.09. The summed E-state index contributed by atoms with van der Waals surface area (Å²) in [6.45, 7) is 0. The van der Waals surface area contributed by atoms with Crippen molar-refractivity contribution in [2.45, 2.75) is 0 Å². The van der Waals surface area contributed by atoms with E-state index in [1.165, 1.54) is 6.07 Å². The number of benzene rings is 1. The van der Waals surface area contributed by atoms with Crippen molar-refractivity contribution in [1.29, 1.82) is 0 Å². The molecule has 0 saturated heterocycles. The van der Waals surface area contributed by atoms with Gasteiger partial charge in [-0.15, -0.1) is 0 Å². The molecule has 18 heavy (non-hydrogen) atoms. The second kappa shape index (κ2) is 3.43. The van der Waals surface area contributed by atoms with Crippen LogP contribution in [-0.4, -0.2) is 20.5 Å². The molecule has 3 aromatic rings. The SMILES string of the molecule is Nc1nc2cc(F)c(C(=O)O)cc2n2cccc12. The average molecular weight is 245 g/mol. The van der Waals surface area contributed by atoms with Crippen LogP contribution in [0.4, 0.5) is 10.2 Å². The van der Waals surface area contributed by atoms with E-state index < -0.39 is 11.8 Å². The highest BCUT2D eigenvalue weighted by Crippen LogP contribution is 2.23. The lowest BCUT2D eigenvalue weighted by Crippen LogP contribution is -2.04. The van der Waals surface area contributed by atoms with Gasteiger partial charge in [-0.25, -0.2) is 14.2 Å². The number of hydrogen-bond acceptors (Lipinski definition) is 3. The van der Waals surface area contributed by atoms with Crippen molar-refractivity contribution in [1.82, 2.24) is 9.38 Å². The fourth-order valence-corrected chi connectivity index (χ4v) is 1.98. The molecular formula is C12H8FN3O2. The number of hydrogen-bond donors (Lipinski definition) is 2. The van der Waals surface area contributed by atoms with Gasteiger partial charge in [0.25, 0.3) is 0 Å². The van der Waals surface area contributed by atoms with Crippen LogP contribution in [0.25, 0.3) is 16.6 Å². The van der Waals surface area contributed by atoms with Gasteiger partial charge in [0, 0.05) is 12.3 Å². The summed E-state index contributed by atoms with van der Waals surface area (Å²) in [5, 5.41) is 8.91. The fraction of sp³-hybridized carbons (Fsp3) is 0. The molecule has 0 spiro atoms. The molecule has 2 aromatic heterocycles. The lowest BCUT2D eigenvalue weighted by Gasteiger charge is -2.06. The summed E-state index contributed by atoms with van der Waals surface area (Å²) in [5.74, 6) is -1.87. The normalized spacial score (nSPS) is 11.2. The summed E-state index contributed by atoms with van der Waals surface area (Å²) < 4.78 is 15.2. The summed E-state index contributed by atoms with van der Waals surface area (Å²) in [5.41, 5.74) is 6.84. The van der Waals surface area contributed by atoms with E-state index in [1.807, 2.05) is 0 Å².